The van der Waals surface area contributed by atoms with Crippen molar-refractivity contribution in [1.29, 1.82) is 0 Å². The third-order valence-electron chi connectivity index (χ3n) is 7.77. The Hall–Kier alpha value is -3.39. The van der Waals surface area contributed by atoms with E-state index < -0.39 is 18.0 Å². The van der Waals surface area contributed by atoms with Gasteiger partial charge in [-0.25, -0.2) is 9.78 Å². The summed E-state index contributed by atoms with van der Waals surface area (Å²) in [4.78, 5) is 31.7. The smallest absolute Gasteiger partial charge is 0.414 e. The number of aromatic nitrogens is 2. The first-order valence-electron chi connectivity index (χ1n) is 12.7. The molecule has 1 amide bonds. The number of aliphatic hydroxyl groups is 1. The van der Waals surface area contributed by atoms with Gasteiger partial charge in [0.2, 0.25) is 0 Å². The van der Waals surface area contributed by atoms with Crippen molar-refractivity contribution in [3.05, 3.63) is 59.4 Å². The first-order chi connectivity index (χ1) is 17.4. The summed E-state index contributed by atoms with van der Waals surface area (Å²) in [6.45, 7) is 2.01. The van der Waals surface area contributed by atoms with Crippen molar-refractivity contribution in [3.8, 4) is 0 Å². The summed E-state index contributed by atoms with van der Waals surface area (Å²) < 4.78 is 7.23. The number of aliphatic carboxylic acids is 1. The lowest BCUT2D eigenvalue weighted by Gasteiger charge is -2.34. The molecule has 1 aliphatic heterocycles. The largest absolute Gasteiger partial charge is 0.481 e. The minimum absolute atomic E-state index is 0.00641. The number of carboxylic acid groups (broad SMARTS) is 1. The number of benzene rings is 2. The van der Waals surface area contributed by atoms with Gasteiger partial charge in [-0.2, -0.15) is 0 Å². The van der Waals surface area contributed by atoms with Crippen LogP contribution < -0.4 is 4.90 Å². The van der Waals surface area contributed by atoms with Gasteiger partial charge in [-0.1, -0.05) is 30.3 Å². The predicted molar refractivity (Wildman–Crippen MR) is 136 cm³/mol. The molecule has 8 heteroatoms. The molecule has 8 nitrogen and oxygen atoms in total. The van der Waals surface area contributed by atoms with Crippen LogP contribution in [0.3, 0.4) is 0 Å². The Labute approximate surface area is 210 Å². The summed E-state index contributed by atoms with van der Waals surface area (Å²) in [7, 11) is 1.39. The number of methoxy groups -OCH3 is 1. The Morgan fingerprint density at radius 3 is 2.61 bits per heavy atom. The van der Waals surface area contributed by atoms with Crippen molar-refractivity contribution < 1.29 is 24.5 Å². The highest BCUT2D eigenvalue weighted by atomic mass is 16.5. The van der Waals surface area contributed by atoms with Crippen LogP contribution in [0.4, 0.5) is 10.5 Å². The van der Waals surface area contributed by atoms with Crippen LogP contribution in [0.2, 0.25) is 0 Å². The minimum Gasteiger partial charge on any atom is -0.481 e. The molecule has 190 valence electrons. The number of fused-ring (bicyclic) bond motifs is 3. The van der Waals surface area contributed by atoms with E-state index in [1.54, 1.807) is 4.90 Å². The highest BCUT2D eigenvalue weighted by Crippen LogP contribution is 2.40. The maximum absolute atomic E-state index is 12.6. The Morgan fingerprint density at radius 1 is 1.14 bits per heavy atom. The van der Waals surface area contributed by atoms with Crippen LogP contribution in [-0.4, -0.2) is 51.1 Å². The number of carbonyl (C=O) groups is 2. The molecule has 0 radical (unpaired) electrons. The molecular weight excluding hydrogens is 458 g/mol. The number of rotatable bonds is 5. The average Bonchev–Trinajstić information content (AvgIpc) is 3.25. The van der Waals surface area contributed by atoms with E-state index in [-0.39, 0.29) is 24.6 Å². The molecule has 0 bridgehead atoms. The fourth-order valence-electron chi connectivity index (χ4n) is 5.96. The third-order valence-corrected chi connectivity index (χ3v) is 7.77. The predicted octanol–water partition coefficient (Wildman–Crippen LogP) is 4.83. The monoisotopic (exact) mass is 491 g/mol. The van der Waals surface area contributed by atoms with Gasteiger partial charge in [0, 0.05) is 24.1 Å². The standard InChI is InChI=1S/C28H33N3O5/c1-17-11-12-21-23(30(17)28(35)36-2)13-14-24-26(21)29-25(31(24)19-9-6-10-20(32)15-19)16-22(27(33)34)18-7-4-3-5-8-18/h3-5,7-8,13-14,17,19-20,22,32H,6,9-12,15-16H2,1-2H3,(H,33,34)/t17?,19-,20+,22?/m1/s1. The number of aryl methyl sites for hydroxylation is 1. The average molecular weight is 492 g/mol. The second kappa shape index (κ2) is 9.93. The third kappa shape index (κ3) is 4.34. The van der Waals surface area contributed by atoms with Crippen molar-refractivity contribution in [2.45, 2.75) is 76.0 Å². The Morgan fingerprint density at radius 2 is 1.92 bits per heavy atom. The van der Waals surface area contributed by atoms with Gasteiger partial charge in [-0.05, 0) is 63.1 Å². The van der Waals surface area contributed by atoms with Gasteiger partial charge in [-0.3, -0.25) is 9.69 Å². The van der Waals surface area contributed by atoms with Gasteiger partial charge < -0.3 is 19.5 Å². The number of hydrogen-bond donors (Lipinski definition) is 2. The summed E-state index contributed by atoms with van der Waals surface area (Å²) in [5.74, 6) is -0.925. The van der Waals surface area contributed by atoms with E-state index in [0.717, 1.165) is 60.0 Å². The van der Waals surface area contributed by atoms with Crippen LogP contribution in [-0.2, 0) is 22.4 Å². The molecule has 2 aromatic carbocycles. The lowest BCUT2D eigenvalue weighted by Crippen LogP contribution is -2.42. The molecule has 5 rings (SSSR count). The number of carboxylic acids is 1. The quantitative estimate of drug-likeness (QED) is 0.530. The molecule has 3 aromatic rings. The highest BCUT2D eigenvalue weighted by molar-refractivity contribution is 5.95. The fraction of sp³-hybridized carbons (Fsp3) is 0.464. The van der Waals surface area contributed by atoms with Gasteiger partial charge in [0.1, 0.15) is 5.82 Å². The highest BCUT2D eigenvalue weighted by Gasteiger charge is 2.34. The summed E-state index contributed by atoms with van der Waals surface area (Å²) in [6.07, 6.45) is 4.22. The summed E-state index contributed by atoms with van der Waals surface area (Å²) in [5, 5.41) is 20.6. The van der Waals surface area contributed by atoms with Crippen molar-refractivity contribution in [1.82, 2.24) is 9.55 Å². The van der Waals surface area contributed by atoms with Crippen LogP contribution in [0, 0.1) is 0 Å². The zero-order valence-electron chi connectivity index (χ0n) is 20.8. The van der Waals surface area contributed by atoms with Crippen molar-refractivity contribution in [3.63, 3.8) is 0 Å². The van der Waals surface area contributed by atoms with Gasteiger partial charge >= 0.3 is 12.1 Å². The van der Waals surface area contributed by atoms with E-state index in [0.29, 0.717) is 12.2 Å². The maximum atomic E-state index is 12.6. The van der Waals surface area contributed by atoms with E-state index in [1.165, 1.54) is 7.11 Å². The van der Waals surface area contributed by atoms with Crippen LogP contribution in [0.1, 0.15) is 67.9 Å². The van der Waals surface area contributed by atoms with Crippen LogP contribution in [0.5, 0.6) is 0 Å². The lowest BCUT2D eigenvalue weighted by molar-refractivity contribution is -0.138. The molecule has 1 aliphatic carbocycles. The SMILES string of the molecule is COC(=O)N1c2ccc3c(nc(CC(C(=O)O)c4ccccc4)n3[C@@H]3CCC[C@H](O)C3)c2CCC1C. The van der Waals surface area contributed by atoms with E-state index in [4.69, 9.17) is 9.72 Å². The molecule has 36 heavy (non-hydrogen) atoms. The fourth-order valence-corrected chi connectivity index (χ4v) is 5.96. The molecule has 4 atom stereocenters. The molecule has 2 unspecified atom stereocenters. The minimum atomic E-state index is -0.892. The van der Waals surface area contributed by atoms with Crippen LogP contribution >= 0.6 is 0 Å². The Kier molecular flexibility index (Phi) is 6.71. The van der Waals surface area contributed by atoms with Gasteiger partial charge in [0.15, 0.2) is 0 Å². The molecule has 2 aliphatic rings. The van der Waals surface area contributed by atoms with Crippen molar-refractivity contribution in [2.24, 2.45) is 0 Å². The molecular formula is C28H33N3O5. The second-order valence-corrected chi connectivity index (χ2v) is 10.0. The number of aliphatic hydroxyl groups excluding tert-OH is 1. The second-order valence-electron chi connectivity index (χ2n) is 10.0. The van der Waals surface area contributed by atoms with Gasteiger partial charge in [0.05, 0.1) is 35.9 Å². The van der Waals surface area contributed by atoms with E-state index in [9.17, 15) is 19.8 Å². The molecule has 1 saturated carbocycles. The molecule has 2 heterocycles. The van der Waals surface area contributed by atoms with Crippen molar-refractivity contribution >= 4 is 28.8 Å². The topological polar surface area (TPSA) is 105 Å². The number of anilines is 1. The molecule has 1 aromatic heterocycles. The number of ether oxygens (including phenoxy) is 1. The van der Waals surface area contributed by atoms with Crippen LogP contribution in [0.15, 0.2) is 42.5 Å². The van der Waals surface area contributed by atoms with E-state index >= 15 is 0 Å². The zero-order chi connectivity index (χ0) is 25.4. The normalized spacial score (nSPS) is 22.8. The first kappa shape index (κ1) is 24.3. The summed E-state index contributed by atoms with van der Waals surface area (Å²) in [5.41, 5.74) is 4.25. The number of nitrogens with zero attached hydrogens (tertiary/aromatic N) is 3. The van der Waals surface area contributed by atoms with Gasteiger partial charge in [-0.15, -0.1) is 0 Å². The number of hydrogen-bond acceptors (Lipinski definition) is 5. The number of imidazole rings is 1. The first-order valence-corrected chi connectivity index (χ1v) is 12.7. The number of carbonyl (C=O) groups excluding carboxylic acids is 1. The summed E-state index contributed by atoms with van der Waals surface area (Å²) in [6, 6.07) is 13.2. The zero-order valence-corrected chi connectivity index (χ0v) is 20.8. The van der Waals surface area contributed by atoms with E-state index in [1.807, 2.05) is 49.4 Å². The van der Waals surface area contributed by atoms with Gasteiger partial charge in [0.25, 0.3) is 0 Å². The molecule has 0 saturated heterocycles. The molecule has 2 N–H and O–H groups in total. The molecule has 1 fully saturated rings. The van der Waals surface area contributed by atoms with E-state index in [2.05, 4.69) is 4.57 Å². The Balaban J connectivity index is 1.66. The molecule has 0 spiro atoms. The number of amides is 1. The maximum Gasteiger partial charge on any atom is 0.414 e. The van der Waals surface area contributed by atoms with Crippen LogP contribution in [0.25, 0.3) is 11.0 Å². The van der Waals surface area contributed by atoms with Crippen molar-refractivity contribution in [2.75, 3.05) is 12.0 Å². The summed E-state index contributed by atoms with van der Waals surface area (Å²) >= 11 is 0. The lowest BCUT2D eigenvalue weighted by atomic mass is 9.91. The Bertz CT molecular complexity index is 1270.